The van der Waals surface area contributed by atoms with Crippen LogP contribution in [0.4, 0.5) is 5.69 Å². The molecule has 1 amide bonds. The maximum atomic E-state index is 12.9. The Kier molecular flexibility index (Phi) is 4.25. The highest BCUT2D eigenvalue weighted by molar-refractivity contribution is 6.21. The van der Waals surface area contributed by atoms with Gasteiger partial charge in [0.15, 0.2) is 11.3 Å². The summed E-state index contributed by atoms with van der Waals surface area (Å²) in [6.45, 7) is 3.82. The predicted octanol–water partition coefficient (Wildman–Crippen LogP) is 4.91. The van der Waals surface area contributed by atoms with Crippen LogP contribution in [-0.2, 0) is 0 Å². The molecule has 2 aromatic heterocycles. The number of rotatable bonds is 4. The molecule has 0 aliphatic carbocycles. The van der Waals surface area contributed by atoms with E-state index < -0.39 is 5.91 Å². The molecule has 0 bridgehead atoms. The number of pyridine rings is 1. The third-order valence-corrected chi connectivity index (χ3v) is 4.15. The number of ether oxygens (including phenoxy) is 1. The van der Waals surface area contributed by atoms with Crippen molar-refractivity contribution >= 4 is 33.5 Å². The molecule has 0 saturated heterocycles. The molecule has 4 aromatic rings. The Hall–Kier alpha value is -3.38. The Morgan fingerprint density at radius 2 is 1.96 bits per heavy atom. The first-order valence-electron chi connectivity index (χ1n) is 8.59. The second kappa shape index (κ2) is 6.74. The predicted molar refractivity (Wildman–Crippen MR) is 104 cm³/mol. The smallest absolute Gasteiger partial charge is 0.248 e. The Morgan fingerprint density at radius 3 is 2.70 bits per heavy atom. The number of carbonyl (C=O) groups is 1. The van der Waals surface area contributed by atoms with Crippen LogP contribution in [0.5, 0.6) is 5.75 Å². The molecule has 0 spiro atoms. The van der Waals surface area contributed by atoms with Crippen molar-refractivity contribution in [3.8, 4) is 5.75 Å². The number of benzene rings is 2. The number of hydrogen-bond acceptors (Lipinski definition) is 5. The monoisotopic (exact) mass is 361 g/mol. The van der Waals surface area contributed by atoms with Crippen LogP contribution in [-0.4, -0.2) is 17.0 Å². The summed E-state index contributed by atoms with van der Waals surface area (Å²) in [7, 11) is 0. The minimum atomic E-state index is -0.685. The average Bonchev–Trinajstić information content (AvgIpc) is 3.08. The van der Waals surface area contributed by atoms with Gasteiger partial charge in [-0.2, -0.15) is 0 Å². The molecule has 4 rings (SSSR count). The third-order valence-electron chi connectivity index (χ3n) is 4.15. The Labute approximate surface area is 155 Å². The number of carbonyl (C=O) groups excluding carboxylic acids is 1. The zero-order valence-electron chi connectivity index (χ0n) is 14.9. The zero-order valence-corrected chi connectivity index (χ0v) is 14.9. The molecule has 0 fully saturated rings. The van der Waals surface area contributed by atoms with Crippen molar-refractivity contribution in [1.82, 2.24) is 4.98 Å². The average molecular weight is 361 g/mol. The minimum absolute atomic E-state index is 0.0608. The zero-order chi connectivity index (χ0) is 19.0. The summed E-state index contributed by atoms with van der Waals surface area (Å²) < 4.78 is 11.8. The number of fused-ring (bicyclic) bond motifs is 3. The van der Waals surface area contributed by atoms with Crippen molar-refractivity contribution in [2.24, 2.45) is 0 Å². The normalized spacial score (nSPS) is 11.3. The van der Waals surface area contributed by atoms with Gasteiger partial charge in [-0.05, 0) is 44.2 Å². The molecule has 0 saturated carbocycles. The lowest BCUT2D eigenvalue weighted by Crippen LogP contribution is -2.24. The number of furan rings is 1. The molecule has 0 N–H and O–H groups in total. The molecule has 6 nitrogen and oxygen atoms in total. The van der Waals surface area contributed by atoms with Gasteiger partial charge in [0.1, 0.15) is 5.58 Å². The van der Waals surface area contributed by atoms with Gasteiger partial charge in [-0.3, -0.25) is 9.78 Å². The van der Waals surface area contributed by atoms with Crippen molar-refractivity contribution < 1.29 is 13.9 Å². The van der Waals surface area contributed by atoms with Gasteiger partial charge in [-0.1, -0.05) is 18.2 Å². The van der Waals surface area contributed by atoms with E-state index >= 15 is 0 Å². The van der Waals surface area contributed by atoms with Gasteiger partial charge in [0, 0.05) is 23.2 Å². The number of amides is 1. The van der Waals surface area contributed by atoms with Crippen LogP contribution in [0.15, 0.2) is 65.3 Å². The fourth-order valence-electron chi connectivity index (χ4n) is 3.03. The first-order valence-corrected chi connectivity index (χ1v) is 8.59. The molecule has 2 aromatic carbocycles. The largest absolute Gasteiger partial charge is 0.751 e. The Bertz CT molecular complexity index is 1120. The summed E-state index contributed by atoms with van der Waals surface area (Å²) in [5, 5.41) is 14.2. The number of hydrogen-bond donors (Lipinski definition) is 0. The number of aromatic nitrogens is 1. The van der Waals surface area contributed by atoms with E-state index in [0.717, 1.165) is 5.39 Å². The van der Waals surface area contributed by atoms with Crippen LogP contribution in [0.25, 0.3) is 21.9 Å². The highest BCUT2D eigenvalue weighted by Crippen LogP contribution is 2.38. The summed E-state index contributed by atoms with van der Waals surface area (Å²) in [6, 6.07) is 13.8. The quantitative estimate of drug-likeness (QED) is 0.482. The second-order valence-electron chi connectivity index (χ2n) is 6.39. The summed E-state index contributed by atoms with van der Waals surface area (Å²) in [6.07, 6.45) is 2.84. The summed E-state index contributed by atoms with van der Waals surface area (Å²) >= 11 is 0. The fourth-order valence-corrected chi connectivity index (χ4v) is 3.03. The highest BCUT2D eigenvalue weighted by Gasteiger charge is 2.21. The van der Waals surface area contributed by atoms with Crippen molar-refractivity contribution in [3.63, 3.8) is 0 Å². The lowest BCUT2D eigenvalue weighted by Gasteiger charge is -2.28. The standard InChI is InChI=1S/C21H17N2O4/c1-13(2)26-18-10-9-16(21(24)23(25)14-6-5-11-22-12-14)19-15-7-3-4-8-17(15)27-20(18)19/h3-13H,1-2H3/q-1. The molecular weight excluding hydrogens is 344 g/mol. The molecule has 0 aliphatic rings. The van der Waals surface area contributed by atoms with Crippen LogP contribution >= 0.6 is 0 Å². The first-order chi connectivity index (χ1) is 13.1. The van der Waals surface area contributed by atoms with E-state index in [-0.39, 0.29) is 17.4 Å². The maximum absolute atomic E-state index is 12.9. The number of anilines is 1. The number of nitrogens with zero attached hydrogens (tertiary/aromatic N) is 2. The second-order valence-corrected chi connectivity index (χ2v) is 6.39. The van der Waals surface area contributed by atoms with E-state index in [1.54, 1.807) is 30.5 Å². The van der Waals surface area contributed by atoms with Crippen LogP contribution in [0.3, 0.4) is 0 Å². The van der Waals surface area contributed by atoms with Gasteiger partial charge in [0.05, 0.1) is 17.4 Å². The van der Waals surface area contributed by atoms with E-state index in [2.05, 4.69) is 4.98 Å². The topological polar surface area (TPSA) is 78.6 Å². The lowest BCUT2D eigenvalue weighted by molar-refractivity contribution is 0.0999. The van der Waals surface area contributed by atoms with Crippen LogP contribution in [0.1, 0.15) is 24.2 Å². The lowest BCUT2D eigenvalue weighted by atomic mass is 10.0. The van der Waals surface area contributed by atoms with Crippen LogP contribution < -0.4 is 9.80 Å². The van der Waals surface area contributed by atoms with E-state index in [0.29, 0.717) is 27.4 Å². The number of hydroxylamine groups is 1. The SMILES string of the molecule is CC(C)Oc1ccc(C(=O)N([O-])c2cccnc2)c2c1oc1ccccc12. The molecule has 6 heteroatoms. The van der Waals surface area contributed by atoms with Crippen LogP contribution in [0, 0.1) is 5.21 Å². The van der Waals surface area contributed by atoms with E-state index in [4.69, 9.17) is 9.15 Å². The molecule has 27 heavy (non-hydrogen) atoms. The van der Waals surface area contributed by atoms with E-state index in [1.165, 1.54) is 6.20 Å². The molecule has 0 radical (unpaired) electrons. The maximum Gasteiger partial charge on any atom is 0.248 e. The highest BCUT2D eigenvalue weighted by atomic mass is 16.5. The van der Waals surface area contributed by atoms with Gasteiger partial charge in [-0.25, -0.2) is 0 Å². The van der Waals surface area contributed by atoms with E-state index in [1.807, 2.05) is 38.1 Å². The van der Waals surface area contributed by atoms with Gasteiger partial charge in [-0.15, -0.1) is 0 Å². The van der Waals surface area contributed by atoms with Gasteiger partial charge >= 0.3 is 0 Å². The van der Waals surface area contributed by atoms with E-state index in [9.17, 15) is 10.0 Å². The van der Waals surface area contributed by atoms with Gasteiger partial charge in [0.25, 0.3) is 0 Å². The first kappa shape index (κ1) is 17.1. The molecule has 0 unspecified atom stereocenters. The molecule has 136 valence electrons. The summed E-state index contributed by atoms with van der Waals surface area (Å²) in [5.41, 5.74) is 1.51. The third kappa shape index (κ3) is 3.00. The van der Waals surface area contributed by atoms with Gasteiger partial charge in [0.2, 0.25) is 5.91 Å². The Morgan fingerprint density at radius 1 is 1.15 bits per heavy atom. The molecule has 0 atom stereocenters. The summed E-state index contributed by atoms with van der Waals surface area (Å²) in [5.74, 6) is -0.151. The molecule has 0 aliphatic heterocycles. The van der Waals surface area contributed by atoms with Crippen LogP contribution in [0.2, 0.25) is 0 Å². The van der Waals surface area contributed by atoms with Gasteiger partial charge < -0.3 is 19.4 Å². The summed E-state index contributed by atoms with van der Waals surface area (Å²) in [4.78, 5) is 16.8. The van der Waals surface area contributed by atoms with Crippen molar-refractivity contribution in [2.45, 2.75) is 20.0 Å². The molecular formula is C21H17N2O4-. The number of para-hydroxylation sites is 1. The Balaban J connectivity index is 1.92. The van der Waals surface area contributed by atoms with Crippen molar-refractivity contribution in [2.75, 3.05) is 5.06 Å². The van der Waals surface area contributed by atoms with Crippen molar-refractivity contribution in [1.29, 1.82) is 0 Å². The molecule has 2 heterocycles. The minimum Gasteiger partial charge on any atom is -0.751 e. The fraction of sp³-hybridized carbons (Fsp3) is 0.143. The van der Waals surface area contributed by atoms with Crippen molar-refractivity contribution in [3.05, 3.63) is 71.7 Å².